The van der Waals surface area contributed by atoms with Crippen molar-refractivity contribution in [3.8, 4) is 0 Å². The van der Waals surface area contributed by atoms with Gasteiger partial charge in [0.05, 0.1) is 5.57 Å². The quantitative estimate of drug-likeness (QED) is 0.649. The van der Waals surface area contributed by atoms with E-state index in [0.29, 0.717) is 30.8 Å². The Morgan fingerprint density at radius 3 is 2.86 bits per heavy atom. The maximum absolute atomic E-state index is 12.1. The summed E-state index contributed by atoms with van der Waals surface area (Å²) < 4.78 is 0. The molecule has 2 N–H and O–H groups in total. The van der Waals surface area contributed by atoms with Crippen molar-refractivity contribution in [3.05, 3.63) is 46.2 Å². The second-order valence-corrected chi connectivity index (χ2v) is 5.49. The molecule has 1 unspecified atom stereocenters. The van der Waals surface area contributed by atoms with Gasteiger partial charge in [0.1, 0.15) is 5.76 Å². The van der Waals surface area contributed by atoms with Crippen LogP contribution in [-0.2, 0) is 4.79 Å². The van der Waals surface area contributed by atoms with E-state index in [9.17, 15) is 9.90 Å². The number of aliphatic imine (C=N–C) groups is 1. The molecule has 0 amide bonds. The van der Waals surface area contributed by atoms with Crippen molar-refractivity contribution >= 4 is 23.6 Å². The summed E-state index contributed by atoms with van der Waals surface area (Å²) in [5.74, 6) is -0.0914. The molecule has 0 heterocycles. The third-order valence-electron chi connectivity index (χ3n) is 3.47. The second-order valence-electron chi connectivity index (χ2n) is 5.06. The van der Waals surface area contributed by atoms with Crippen LogP contribution in [0.1, 0.15) is 30.7 Å². The fourth-order valence-electron chi connectivity index (χ4n) is 2.37. The highest BCUT2D eigenvalue weighted by Gasteiger charge is 2.27. The van der Waals surface area contributed by atoms with E-state index in [1.165, 1.54) is 6.21 Å². The zero-order chi connectivity index (χ0) is 15.2. The number of allylic oxidation sites excluding steroid dienone is 2. The molecule has 1 aliphatic carbocycles. The van der Waals surface area contributed by atoms with Crippen molar-refractivity contribution in [1.29, 1.82) is 0 Å². The van der Waals surface area contributed by atoms with Crippen LogP contribution in [0.15, 0.2) is 40.6 Å². The van der Waals surface area contributed by atoms with Crippen LogP contribution in [0.25, 0.3) is 0 Å². The fraction of sp³-hybridized carbons (Fsp3) is 0.375. The lowest BCUT2D eigenvalue weighted by Gasteiger charge is -2.22. The van der Waals surface area contributed by atoms with Crippen molar-refractivity contribution in [3.63, 3.8) is 0 Å². The van der Waals surface area contributed by atoms with Crippen LogP contribution in [0.4, 0.5) is 0 Å². The Balaban J connectivity index is 2.12. The Morgan fingerprint density at radius 2 is 2.19 bits per heavy atom. The highest BCUT2D eigenvalue weighted by atomic mass is 35.5. The van der Waals surface area contributed by atoms with Crippen LogP contribution in [0.2, 0.25) is 5.02 Å². The van der Waals surface area contributed by atoms with Crippen molar-refractivity contribution < 1.29 is 15.0 Å². The van der Waals surface area contributed by atoms with Gasteiger partial charge in [0, 0.05) is 37.2 Å². The maximum Gasteiger partial charge on any atom is 0.168 e. The molecule has 112 valence electrons. The van der Waals surface area contributed by atoms with Gasteiger partial charge in [-0.25, -0.2) is 0 Å². The summed E-state index contributed by atoms with van der Waals surface area (Å²) >= 11 is 5.96. The smallest absolute Gasteiger partial charge is 0.168 e. The second kappa shape index (κ2) is 7.38. The number of aliphatic hydroxyl groups excluding tert-OH is 2. The number of rotatable bonds is 5. The minimum absolute atomic E-state index is 0.0502. The Hall–Kier alpha value is -1.65. The third kappa shape index (κ3) is 4.16. The van der Waals surface area contributed by atoms with Gasteiger partial charge in [-0.15, -0.1) is 0 Å². The summed E-state index contributed by atoms with van der Waals surface area (Å²) in [7, 11) is 0. The number of aliphatic hydroxyl groups is 2. The number of hydrogen-bond donors (Lipinski definition) is 2. The van der Waals surface area contributed by atoms with Gasteiger partial charge in [-0.2, -0.15) is 0 Å². The van der Waals surface area contributed by atoms with Gasteiger partial charge in [0.2, 0.25) is 0 Å². The highest BCUT2D eigenvalue weighted by molar-refractivity contribution is 6.30. The Morgan fingerprint density at radius 1 is 1.38 bits per heavy atom. The number of hydrogen-bond acceptors (Lipinski definition) is 4. The van der Waals surface area contributed by atoms with Crippen molar-refractivity contribution in [1.82, 2.24) is 0 Å². The molecule has 1 aromatic carbocycles. The Bertz CT molecular complexity index is 581. The summed E-state index contributed by atoms with van der Waals surface area (Å²) in [6.07, 6.45) is 2.71. The number of halogens is 1. The lowest BCUT2D eigenvalue weighted by Crippen LogP contribution is -2.19. The van der Waals surface area contributed by atoms with Gasteiger partial charge in [-0.3, -0.25) is 9.79 Å². The fourth-order valence-corrected chi connectivity index (χ4v) is 2.57. The van der Waals surface area contributed by atoms with Crippen LogP contribution >= 0.6 is 11.6 Å². The number of nitrogens with zero attached hydrogens (tertiary/aromatic N) is 1. The van der Waals surface area contributed by atoms with E-state index >= 15 is 0 Å². The third-order valence-corrected chi connectivity index (χ3v) is 3.70. The number of benzene rings is 1. The molecular weight excluding hydrogens is 290 g/mol. The molecule has 0 radical (unpaired) electrons. The monoisotopic (exact) mass is 307 g/mol. The average Bonchev–Trinajstić information content (AvgIpc) is 2.45. The van der Waals surface area contributed by atoms with E-state index in [1.54, 1.807) is 6.07 Å². The van der Waals surface area contributed by atoms with Crippen molar-refractivity contribution in [2.45, 2.75) is 25.2 Å². The molecule has 0 saturated heterocycles. The highest BCUT2D eigenvalue weighted by Crippen LogP contribution is 2.33. The predicted molar refractivity (Wildman–Crippen MR) is 83.2 cm³/mol. The van der Waals surface area contributed by atoms with Gasteiger partial charge in [-0.05, 0) is 30.0 Å². The molecule has 4 nitrogen and oxygen atoms in total. The average molecular weight is 308 g/mol. The molecule has 1 atom stereocenters. The normalized spacial score (nSPS) is 19.5. The zero-order valence-electron chi connectivity index (χ0n) is 11.6. The van der Waals surface area contributed by atoms with Crippen LogP contribution in [0.5, 0.6) is 0 Å². The van der Waals surface area contributed by atoms with Gasteiger partial charge < -0.3 is 10.2 Å². The van der Waals surface area contributed by atoms with E-state index < -0.39 is 0 Å². The van der Waals surface area contributed by atoms with E-state index in [2.05, 4.69) is 4.99 Å². The molecule has 0 saturated carbocycles. The van der Waals surface area contributed by atoms with Crippen molar-refractivity contribution in [2.75, 3.05) is 13.2 Å². The lowest BCUT2D eigenvalue weighted by molar-refractivity contribution is -0.116. The molecule has 2 rings (SSSR count). The predicted octanol–water partition coefficient (Wildman–Crippen LogP) is 3.05. The number of Topliss-reactive ketones (excluding diaryl/α,β-unsaturated/α-hetero) is 1. The molecular formula is C16H18ClNO3. The van der Waals surface area contributed by atoms with Gasteiger partial charge in [-0.1, -0.05) is 23.7 Å². The van der Waals surface area contributed by atoms with Crippen LogP contribution in [-0.4, -0.2) is 35.4 Å². The van der Waals surface area contributed by atoms with E-state index in [4.69, 9.17) is 16.7 Å². The van der Waals surface area contributed by atoms with E-state index in [-0.39, 0.29) is 29.6 Å². The summed E-state index contributed by atoms with van der Waals surface area (Å²) in [6, 6.07) is 7.37. The van der Waals surface area contributed by atoms with Crippen molar-refractivity contribution in [2.24, 2.45) is 4.99 Å². The molecule has 0 fully saturated rings. The standard InChI is InChI=1S/C16H18ClNO3/c17-13-4-1-3-11(7-13)12-8-15(20)14(16(21)9-12)10-18-5-2-6-19/h1,3-4,7,10,12,19-20H,2,5-6,8-9H2. The van der Waals surface area contributed by atoms with Gasteiger partial charge >= 0.3 is 0 Å². The van der Waals surface area contributed by atoms with Gasteiger partial charge in [0.25, 0.3) is 0 Å². The summed E-state index contributed by atoms with van der Waals surface area (Å²) in [4.78, 5) is 16.2. The summed E-state index contributed by atoms with van der Waals surface area (Å²) in [5.41, 5.74) is 1.24. The summed E-state index contributed by atoms with van der Waals surface area (Å²) in [5, 5.41) is 19.4. The molecule has 0 bridgehead atoms. The topological polar surface area (TPSA) is 69.9 Å². The Labute approximate surface area is 128 Å². The molecule has 21 heavy (non-hydrogen) atoms. The Kier molecular flexibility index (Phi) is 5.53. The number of carbonyl (C=O) groups excluding carboxylic acids is 1. The summed E-state index contributed by atoms with van der Waals surface area (Å²) in [6.45, 7) is 0.505. The van der Waals surface area contributed by atoms with Crippen LogP contribution in [0.3, 0.4) is 0 Å². The van der Waals surface area contributed by atoms with Crippen LogP contribution in [0, 0.1) is 0 Å². The first-order chi connectivity index (χ1) is 10.1. The largest absolute Gasteiger partial charge is 0.511 e. The molecule has 0 aliphatic heterocycles. The minimum Gasteiger partial charge on any atom is -0.511 e. The molecule has 1 aromatic rings. The molecule has 0 spiro atoms. The number of carbonyl (C=O) groups is 1. The van der Waals surface area contributed by atoms with Gasteiger partial charge in [0.15, 0.2) is 5.78 Å². The maximum atomic E-state index is 12.1. The zero-order valence-corrected chi connectivity index (χ0v) is 12.4. The molecule has 1 aliphatic rings. The van der Waals surface area contributed by atoms with Crippen LogP contribution < -0.4 is 0 Å². The molecule has 0 aromatic heterocycles. The number of ketones is 1. The first kappa shape index (κ1) is 15.7. The first-order valence-corrected chi connectivity index (χ1v) is 7.31. The first-order valence-electron chi connectivity index (χ1n) is 6.93. The minimum atomic E-state index is -0.114. The SMILES string of the molecule is O=C1CC(c2cccc(Cl)c2)CC(O)=C1C=NCCCO. The molecule has 5 heteroatoms. The van der Waals surface area contributed by atoms with E-state index in [1.807, 2.05) is 18.2 Å². The lowest BCUT2D eigenvalue weighted by atomic mass is 9.83. The van der Waals surface area contributed by atoms with E-state index in [0.717, 1.165) is 5.56 Å².